The highest BCUT2D eigenvalue weighted by atomic mass is 16.5. The third-order valence-electron chi connectivity index (χ3n) is 3.55. The van der Waals surface area contributed by atoms with E-state index in [2.05, 4.69) is 20.0 Å². The minimum absolute atomic E-state index is 0.391. The predicted molar refractivity (Wildman–Crippen MR) is 77.2 cm³/mol. The summed E-state index contributed by atoms with van der Waals surface area (Å²) in [5, 5.41) is 13.6. The lowest BCUT2D eigenvalue weighted by Crippen LogP contribution is -2.21. The van der Waals surface area contributed by atoms with Gasteiger partial charge in [0.05, 0.1) is 30.5 Å². The summed E-state index contributed by atoms with van der Waals surface area (Å²) in [6.45, 7) is 0.838. The van der Waals surface area contributed by atoms with E-state index in [4.69, 9.17) is 10.3 Å². The molecule has 8 heteroatoms. The Morgan fingerprint density at radius 2 is 2.29 bits per heavy atom. The van der Waals surface area contributed by atoms with Gasteiger partial charge < -0.3 is 14.7 Å². The van der Waals surface area contributed by atoms with Crippen LogP contribution in [0.15, 0.2) is 29.5 Å². The van der Waals surface area contributed by atoms with E-state index < -0.39 is 12.1 Å². The van der Waals surface area contributed by atoms with Gasteiger partial charge in [-0.1, -0.05) is 5.11 Å². The van der Waals surface area contributed by atoms with Gasteiger partial charge in [0.15, 0.2) is 0 Å². The highest BCUT2D eigenvalue weighted by Gasteiger charge is 2.31. The van der Waals surface area contributed by atoms with Crippen LogP contribution in [0.3, 0.4) is 0 Å². The van der Waals surface area contributed by atoms with Gasteiger partial charge in [-0.15, -0.1) is 0 Å². The fourth-order valence-electron chi connectivity index (χ4n) is 2.51. The standard InChI is InChI=1S/C13H14N6O2/c1-21-12-3-2-8-13(16-12)10(4-5-15-8)19-6-9(17-18-14)11(20)7-19/h2-5,9,11,20H,6-7H2,1H3/t9-,11-/m0/s1. The first-order valence-electron chi connectivity index (χ1n) is 6.50. The molecule has 21 heavy (non-hydrogen) atoms. The maximum atomic E-state index is 9.96. The third kappa shape index (κ3) is 2.42. The maximum absolute atomic E-state index is 9.96. The van der Waals surface area contributed by atoms with Crippen molar-refractivity contribution in [2.45, 2.75) is 12.1 Å². The monoisotopic (exact) mass is 286 g/mol. The molecule has 0 bridgehead atoms. The van der Waals surface area contributed by atoms with E-state index in [1.165, 1.54) is 0 Å². The first-order chi connectivity index (χ1) is 10.2. The Morgan fingerprint density at radius 3 is 3.05 bits per heavy atom. The van der Waals surface area contributed by atoms with Crippen molar-refractivity contribution in [2.75, 3.05) is 25.1 Å². The summed E-state index contributed by atoms with van der Waals surface area (Å²) in [6.07, 6.45) is 1.01. The summed E-state index contributed by atoms with van der Waals surface area (Å²) < 4.78 is 5.15. The van der Waals surface area contributed by atoms with Crippen molar-refractivity contribution >= 4 is 16.7 Å². The van der Waals surface area contributed by atoms with Crippen molar-refractivity contribution in [3.05, 3.63) is 34.8 Å². The lowest BCUT2D eigenvalue weighted by Gasteiger charge is -2.19. The van der Waals surface area contributed by atoms with Crippen LogP contribution in [0.5, 0.6) is 5.88 Å². The SMILES string of the molecule is COc1ccc2nccc(N3C[C@H](N=[N+]=[N-])[C@@H](O)C3)c2n1. The van der Waals surface area contributed by atoms with Crippen LogP contribution >= 0.6 is 0 Å². The van der Waals surface area contributed by atoms with E-state index in [-0.39, 0.29) is 0 Å². The summed E-state index contributed by atoms with van der Waals surface area (Å²) in [7, 11) is 1.56. The Labute approximate surface area is 120 Å². The van der Waals surface area contributed by atoms with Gasteiger partial charge in [0, 0.05) is 30.3 Å². The van der Waals surface area contributed by atoms with E-state index in [1.54, 1.807) is 19.4 Å². The Kier molecular flexibility index (Phi) is 3.47. The molecule has 8 nitrogen and oxygen atoms in total. The van der Waals surface area contributed by atoms with Crippen molar-refractivity contribution in [3.63, 3.8) is 0 Å². The number of aliphatic hydroxyl groups is 1. The summed E-state index contributed by atoms with van der Waals surface area (Å²) in [4.78, 5) is 13.4. The van der Waals surface area contributed by atoms with Crippen molar-refractivity contribution in [3.8, 4) is 5.88 Å². The number of anilines is 1. The number of ether oxygens (including phenoxy) is 1. The zero-order chi connectivity index (χ0) is 14.8. The number of fused-ring (bicyclic) bond motifs is 1. The number of pyridine rings is 2. The summed E-state index contributed by atoms with van der Waals surface area (Å²) >= 11 is 0. The summed E-state index contributed by atoms with van der Waals surface area (Å²) in [6, 6.07) is 4.96. The average Bonchev–Trinajstić information content (AvgIpc) is 2.87. The molecule has 0 aliphatic carbocycles. The first kappa shape index (κ1) is 13.4. The number of methoxy groups -OCH3 is 1. The molecule has 1 aliphatic heterocycles. The molecule has 3 heterocycles. The number of rotatable bonds is 3. The quantitative estimate of drug-likeness (QED) is 0.522. The molecule has 1 fully saturated rings. The minimum atomic E-state index is -0.685. The van der Waals surface area contributed by atoms with Gasteiger partial charge >= 0.3 is 0 Å². The zero-order valence-corrected chi connectivity index (χ0v) is 11.4. The molecule has 1 aliphatic rings. The van der Waals surface area contributed by atoms with Crippen molar-refractivity contribution in [1.82, 2.24) is 9.97 Å². The van der Waals surface area contributed by atoms with E-state index in [1.807, 2.05) is 17.0 Å². The fraction of sp³-hybridized carbons (Fsp3) is 0.385. The van der Waals surface area contributed by atoms with Gasteiger partial charge in [0.1, 0.15) is 5.52 Å². The number of aromatic nitrogens is 2. The summed E-state index contributed by atoms with van der Waals surface area (Å²) in [5.74, 6) is 0.503. The van der Waals surface area contributed by atoms with Crippen LogP contribution in [0.25, 0.3) is 21.5 Å². The van der Waals surface area contributed by atoms with Crippen LogP contribution in [0.2, 0.25) is 0 Å². The Hall–Kier alpha value is -2.57. The molecule has 1 N–H and O–H groups in total. The number of β-amino-alcohol motifs (C(OH)–C–C–N with tert-alkyl or cyclic N) is 1. The van der Waals surface area contributed by atoms with Gasteiger partial charge in [0.25, 0.3) is 0 Å². The average molecular weight is 286 g/mol. The molecule has 2 aromatic rings. The minimum Gasteiger partial charge on any atom is -0.481 e. The third-order valence-corrected chi connectivity index (χ3v) is 3.55. The number of azide groups is 1. The highest BCUT2D eigenvalue weighted by Crippen LogP contribution is 2.29. The molecule has 1 saturated heterocycles. The highest BCUT2D eigenvalue weighted by molar-refractivity contribution is 5.88. The Balaban J connectivity index is 2.02. The van der Waals surface area contributed by atoms with E-state index in [9.17, 15) is 5.11 Å². The molecule has 0 radical (unpaired) electrons. The number of hydrogen-bond acceptors (Lipinski definition) is 6. The first-order valence-corrected chi connectivity index (χ1v) is 6.50. The second-order valence-corrected chi connectivity index (χ2v) is 4.80. The smallest absolute Gasteiger partial charge is 0.213 e. The maximum Gasteiger partial charge on any atom is 0.213 e. The summed E-state index contributed by atoms with van der Waals surface area (Å²) in [5.41, 5.74) is 10.8. The molecule has 0 aromatic carbocycles. The second kappa shape index (κ2) is 5.43. The van der Waals surface area contributed by atoms with Gasteiger partial charge in [-0.25, -0.2) is 4.98 Å². The molecule has 3 rings (SSSR count). The molecule has 108 valence electrons. The van der Waals surface area contributed by atoms with Gasteiger partial charge in [0.2, 0.25) is 5.88 Å². The van der Waals surface area contributed by atoms with Crippen LogP contribution < -0.4 is 9.64 Å². The molecule has 2 aromatic heterocycles. The predicted octanol–water partition coefficient (Wildman–Crippen LogP) is 1.50. The Bertz CT molecular complexity index is 715. The Morgan fingerprint density at radius 1 is 1.43 bits per heavy atom. The van der Waals surface area contributed by atoms with Gasteiger partial charge in [-0.3, -0.25) is 4.98 Å². The molecule has 0 spiro atoms. The van der Waals surface area contributed by atoms with E-state index in [0.717, 1.165) is 11.2 Å². The number of aliphatic hydroxyl groups excluding tert-OH is 1. The molecular weight excluding hydrogens is 272 g/mol. The van der Waals surface area contributed by atoms with Crippen LogP contribution in [-0.4, -0.2) is 47.4 Å². The number of nitrogens with zero attached hydrogens (tertiary/aromatic N) is 6. The molecule has 0 amide bonds. The van der Waals surface area contributed by atoms with E-state index >= 15 is 0 Å². The molecule has 2 atom stereocenters. The van der Waals surface area contributed by atoms with Crippen molar-refractivity contribution < 1.29 is 9.84 Å². The van der Waals surface area contributed by atoms with Crippen LogP contribution in [0.1, 0.15) is 0 Å². The van der Waals surface area contributed by atoms with E-state index in [0.29, 0.717) is 24.5 Å². The zero-order valence-electron chi connectivity index (χ0n) is 11.4. The van der Waals surface area contributed by atoms with Gasteiger partial charge in [-0.2, -0.15) is 0 Å². The topological polar surface area (TPSA) is 107 Å². The van der Waals surface area contributed by atoms with Crippen molar-refractivity contribution in [1.29, 1.82) is 0 Å². The van der Waals surface area contributed by atoms with Crippen LogP contribution in [0, 0.1) is 0 Å². The van der Waals surface area contributed by atoms with Crippen molar-refractivity contribution in [2.24, 2.45) is 5.11 Å². The van der Waals surface area contributed by atoms with Gasteiger partial charge in [-0.05, 0) is 17.7 Å². The largest absolute Gasteiger partial charge is 0.481 e. The normalized spacial score (nSPS) is 21.3. The number of hydrogen-bond donors (Lipinski definition) is 1. The lowest BCUT2D eigenvalue weighted by molar-refractivity contribution is 0.180. The molecular formula is C13H14N6O2. The molecule has 0 unspecified atom stereocenters. The lowest BCUT2D eigenvalue weighted by atomic mass is 10.2. The fourth-order valence-corrected chi connectivity index (χ4v) is 2.51. The second-order valence-electron chi connectivity index (χ2n) is 4.80. The van der Waals surface area contributed by atoms with Crippen LogP contribution in [-0.2, 0) is 0 Å². The molecule has 0 saturated carbocycles. The van der Waals surface area contributed by atoms with Crippen LogP contribution in [0.4, 0.5) is 5.69 Å².